The molecule has 1 saturated heterocycles. The van der Waals surface area contributed by atoms with Gasteiger partial charge in [-0.1, -0.05) is 31.4 Å². The van der Waals surface area contributed by atoms with E-state index in [1.807, 2.05) is 43.9 Å². The minimum absolute atomic E-state index is 0.00996. The Morgan fingerprint density at radius 3 is 2.62 bits per heavy atom. The molecule has 40 heavy (non-hydrogen) atoms. The summed E-state index contributed by atoms with van der Waals surface area (Å²) in [6.07, 6.45) is 10.2. The number of anilines is 2. The van der Waals surface area contributed by atoms with E-state index in [0.29, 0.717) is 50.5 Å². The van der Waals surface area contributed by atoms with Crippen molar-refractivity contribution >= 4 is 23.8 Å². The number of aromatic nitrogens is 2. The van der Waals surface area contributed by atoms with Gasteiger partial charge in [0.2, 0.25) is 11.9 Å². The molecule has 3 aliphatic rings. The molecule has 2 fully saturated rings. The van der Waals surface area contributed by atoms with Crippen LogP contribution in [0.5, 0.6) is 5.75 Å². The minimum Gasteiger partial charge on any atom is -0.493 e. The average molecular weight is 550 g/mol. The molecular weight excluding hydrogens is 506 g/mol. The molecule has 1 aromatic carbocycles. The second-order valence-electron chi connectivity index (χ2n) is 12.4. The molecule has 216 valence electrons. The van der Waals surface area contributed by atoms with Crippen molar-refractivity contribution in [1.82, 2.24) is 14.9 Å². The number of ether oxygens (including phenoxy) is 2. The first-order valence-corrected chi connectivity index (χ1v) is 14.9. The highest BCUT2D eigenvalue weighted by Gasteiger charge is 2.30. The topological polar surface area (TPSA) is 96.9 Å². The van der Waals surface area contributed by atoms with Gasteiger partial charge < -0.3 is 19.7 Å². The van der Waals surface area contributed by atoms with E-state index >= 15 is 0 Å². The third-order valence-corrected chi connectivity index (χ3v) is 7.97. The van der Waals surface area contributed by atoms with Crippen LogP contribution in [0, 0.1) is 5.92 Å². The molecular formula is C31H43N5O4. The third-order valence-electron chi connectivity index (χ3n) is 7.97. The maximum atomic E-state index is 13.8. The fourth-order valence-corrected chi connectivity index (χ4v) is 5.82. The molecule has 0 bridgehead atoms. The summed E-state index contributed by atoms with van der Waals surface area (Å²) in [6, 6.07) is 8.25. The molecule has 2 aliphatic heterocycles. The van der Waals surface area contributed by atoms with E-state index in [2.05, 4.69) is 16.4 Å². The molecule has 2 amide bonds. The van der Waals surface area contributed by atoms with Crippen LogP contribution < -0.4 is 15.0 Å². The Morgan fingerprint density at radius 1 is 1.10 bits per heavy atom. The zero-order valence-electron chi connectivity index (χ0n) is 24.2. The molecule has 2 aromatic rings. The number of carbonyl (C=O) groups excluding carboxylic acids is 2. The number of amides is 2. The van der Waals surface area contributed by atoms with Crippen LogP contribution in [-0.2, 0) is 22.4 Å². The van der Waals surface area contributed by atoms with Crippen LogP contribution in [0.2, 0.25) is 0 Å². The maximum absolute atomic E-state index is 13.8. The predicted molar refractivity (Wildman–Crippen MR) is 155 cm³/mol. The van der Waals surface area contributed by atoms with Crippen molar-refractivity contribution in [3.05, 3.63) is 41.6 Å². The number of piperidine rings is 1. The van der Waals surface area contributed by atoms with Gasteiger partial charge in [0.25, 0.3) is 0 Å². The van der Waals surface area contributed by atoms with Gasteiger partial charge in [0.05, 0.1) is 13.0 Å². The molecule has 0 radical (unpaired) electrons. The Hall–Kier alpha value is -3.36. The molecule has 0 unspecified atom stereocenters. The first-order chi connectivity index (χ1) is 19.2. The van der Waals surface area contributed by atoms with Crippen LogP contribution in [0.1, 0.15) is 76.8 Å². The fourth-order valence-electron chi connectivity index (χ4n) is 5.82. The van der Waals surface area contributed by atoms with E-state index in [9.17, 15) is 9.59 Å². The van der Waals surface area contributed by atoms with Gasteiger partial charge in [-0.3, -0.25) is 9.69 Å². The molecule has 9 heteroatoms. The van der Waals surface area contributed by atoms with Crippen molar-refractivity contribution in [3.63, 3.8) is 0 Å². The fraction of sp³-hybridized carbons (Fsp3) is 0.613. The molecule has 1 saturated carbocycles. The van der Waals surface area contributed by atoms with Crippen molar-refractivity contribution in [2.45, 2.75) is 90.2 Å². The number of carbonyl (C=O) groups is 2. The number of fused-ring (bicyclic) bond motifs is 1. The Balaban J connectivity index is 1.29. The highest BCUT2D eigenvalue weighted by Crippen LogP contribution is 2.28. The number of nitrogens with one attached hydrogen (secondary N) is 1. The number of benzene rings is 1. The highest BCUT2D eigenvalue weighted by molar-refractivity contribution is 5.94. The van der Waals surface area contributed by atoms with Crippen LogP contribution >= 0.6 is 0 Å². The third kappa shape index (κ3) is 7.43. The normalized spacial score (nSPS) is 18.1. The average Bonchev–Trinajstić information content (AvgIpc) is 3.40. The molecule has 5 rings (SSSR count). The van der Waals surface area contributed by atoms with Crippen LogP contribution in [-0.4, -0.2) is 64.8 Å². The Labute approximate surface area is 237 Å². The van der Waals surface area contributed by atoms with Gasteiger partial charge in [0.1, 0.15) is 17.2 Å². The van der Waals surface area contributed by atoms with Gasteiger partial charge in [-0.25, -0.2) is 9.78 Å². The van der Waals surface area contributed by atoms with Crippen LogP contribution in [0.4, 0.5) is 16.6 Å². The minimum atomic E-state index is -0.517. The van der Waals surface area contributed by atoms with Crippen LogP contribution in [0.3, 0.4) is 0 Å². The second-order valence-corrected chi connectivity index (χ2v) is 12.4. The van der Waals surface area contributed by atoms with Gasteiger partial charge in [0.15, 0.2) is 0 Å². The van der Waals surface area contributed by atoms with E-state index in [-0.39, 0.29) is 17.9 Å². The number of nitrogens with zero attached hydrogens (tertiary/aromatic N) is 4. The van der Waals surface area contributed by atoms with E-state index in [0.717, 1.165) is 49.0 Å². The SMILES string of the molecule is CC(C)(C)OC(=O)N1CCC(CN(C(=O)Cc2ccc3c(c2)CCO3)c2ccnc(NC3CCCCC3)n2)CC1. The Bertz CT molecular complexity index is 1180. The van der Waals surface area contributed by atoms with Crippen molar-refractivity contribution in [1.29, 1.82) is 0 Å². The summed E-state index contributed by atoms with van der Waals surface area (Å²) in [6.45, 7) is 8.12. The van der Waals surface area contributed by atoms with Crippen LogP contribution in [0.15, 0.2) is 30.5 Å². The summed E-state index contributed by atoms with van der Waals surface area (Å²) in [5.74, 6) is 2.38. The van der Waals surface area contributed by atoms with E-state index in [4.69, 9.17) is 14.5 Å². The van der Waals surface area contributed by atoms with E-state index in [1.165, 1.54) is 19.3 Å². The van der Waals surface area contributed by atoms with Gasteiger partial charge in [-0.05, 0) is 75.6 Å². The van der Waals surface area contributed by atoms with Crippen LogP contribution in [0.25, 0.3) is 0 Å². The van der Waals surface area contributed by atoms with Crippen molar-refractivity contribution in [3.8, 4) is 5.75 Å². The predicted octanol–water partition coefficient (Wildman–Crippen LogP) is 5.38. The van der Waals surface area contributed by atoms with E-state index < -0.39 is 5.60 Å². The highest BCUT2D eigenvalue weighted by atomic mass is 16.6. The maximum Gasteiger partial charge on any atom is 0.410 e. The quantitative estimate of drug-likeness (QED) is 0.495. The molecule has 1 aliphatic carbocycles. The molecule has 1 N–H and O–H groups in total. The largest absolute Gasteiger partial charge is 0.493 e. The van der Waals surface area contributed by atoms with Crippen molar-refractivity contribution in [2.24, 2.45) is 5.92 Å². The number of hydrogen-bond donors (Lipinski definition) is 1. The first kappa shape index (κ1) is 28.2. The van der Waals surface area contributed by atoms with Crippen molar-refractivity contribution in [2.75, 3.05) is 36.5 Å². The molecule has 0 atom stereocenters. The summed E-state index contributed by atoms with van der Waals surface area (Å²) in [4.78, 5) is 39.3. The zero-order chi connectivity index (χ0) is 28.1. The molecule has 0 spiro atoms. The smallest absolute Gasteiger partial charge is 0.410 e. The Morgan fingerprint density at radius 2 is 1.88 bits per heavy atom. The summed E-state index contributed by atoms with van der Waals surface area (Å²) < 4.78 is 11.2. The second kappa shape index (κ2) is 12.4. The van der Waals surface area contributed by atoms with E-state index in [1.54, 1.807) is 11.1 Å². The number of rotatable bonds is 7. The van der Waals surface area contributed by atoms with Gasteiger partial charge in [0, 0.05) is 38.3 Å². The summed E-state index contributed by atoms with van der Waals surface area (Å²) in [5, 5.41) is 3.50. The lowest BCUT2D eigenvalue weighted by molar-refractivity contribution is -0.118. The Kier molecular flexibility index (Phi) is 8.76. The van der Waals surface area contributed by atoms with Crippen molar-refractivity contribution < 1.29 is 19.1 Å². The lowest BCUT2D eigenvalue weighted by Crippen LogP contribution is -2.45. The zero-order valence-corrected chi connectivity index (χ0v) is 24.2. The number of likely N-dealkylation sites (tertiary alicyclic amines) is 1. The van der Waals surface area contributed by atoms with Gasteiger partial charge in [-0.15, -0.1) is 0 Å². The van der Waals surface area contributed by atoms with Gasteiger partial charge in [-0.2, -0.15) is 4.98 Å². The summed E-state index contributed by atoms with van der Waals surface area (Å²) in [7, 11) is 0. The molecule has 1 aromatic heterocycles. The molecule has 9 nitrogen and oxygen atoms in total. The summed E-state index contributed by atoms with van der Waals surface area (Å²) in [5.41, 5.74) is 1.62. The monoisotopic (exact) mass is 549 g/mol. The number of hydrogen-bond acceptors (Lipinski definition) is 7. The first-order valence-electron chi connectivity index (χ1n) is 14.9. The lowest BCUT2D eigenvalue weighted by atomic mass is 9.96. The lowest BCUT2D eigenvalue weighted by Gasteiger charge is -2.35. The van der Waals surface area contributed by atoms with Gasteiger partial charge >= 0.3 is 6.09 Å². The standard InChI is InChI=1S/C31H43N5O4/c1-31(2,3)40-30(38)35-16-12-22(13-17-35)21-36(28(37)20-23-9-10-26-24(19-23)14-18-39-26)27-11-15-32-29(34-27)33-25-7-5-4-6-8-25/h9-11,15,19,22,25H,4-8,12-14,16-18,20-21H2,1-3H3,(H,32,33,34). The molecule has 3 heterocycles. The summed E-state index contributed by atoms with van der Waals surface area (Å²) >= 11 is 0.